The van der Waals surface area contributed by atoms with Gasteiger partial charge in [0.25, 0.3) is 0 Å². The van der Waals surface area contributed by atoms with E-state index in [2.05, 4.69) is 0 Å². The van der Waals surface area contributed by atoms with E-state index >= 15 is 0 Å². The minimum absolute atomic E-state index is 0.0670. The van der Waals surface area contributed by atoms with Crippen LogP contribution in [0.15, 0.2) is 0 Å². The van der Waals surface area contributed by atoms with Crippen LogP contribution in [0, 0.1) is 5.92 Å². The van der Waals surface area contributed by atoms with E-state index in [0.29, 0.717) is 12.8 Å². The van der Waals surface area contributed by atoms with E-state index in [1.165, 1.54) is 0 Å². The second kappa shape index (κ2) is 5.09. The summed E-state index contributed by atoms with van der Waals surface area (Å²) in [5, 5.41) is 0. The summed E-state index contributed by atoms with van der Waals surface area (Å²) in [7, 11) is 0. The highest BCUT2D eigenvalue weighted by Crippen LogP contribution is 2.18. The van der Waals surface area contributed by atoms with Gasteiger partial charge in [0.05, 0.1) is 6.10 Å². The van der Waals surface area contributed by atoms with E-state index in [4.69, 9.17) is 4.74 Å². The SMILES string of the molecule is CC1CC(=O)N(CC(=O)OC(C)C)C(=O)C1. The van der Waals surface area contributed by atoms with Crippen molar-refractivity contribution >= 4 is 17.8 Å². The van der Waals surface area contributed by atoms with Gasteiger partial charge in [0.15, 0.2) is 0 Å². The van der Waals surface area contributed by atoms with Crippen LogP contribution in [0.2, 0.25) is 0 Å². The predicted molar refractivity (Wildman–Crippen MR) is 56.3 cm³/mol. The van der Waals surface area contributed by atoms with Crippen molar-refractivity contribution in [3.05, 3.63) is 0 Å². The fourth-order valence-electron chi connectivity index (χ4n) is 1.63. The number of piperidine rings is 1. The maximum absolute atomic E-state index is 11.5. The van der Waals surface area contributed by atoms with Crippen molar-refractivity contribution in [2.45, 2.75) is 39.7 Å². The molecule has 0 aliphatic carbocycles. The molecule has 0 radical (unpaired) electrons. The van der Waals surface area contributed by atoms with Crippen molar-refractivity contribution < 1.29 is 19.1 Å². The second-order valence-corrected chi connectivity index (χ2v) is 4.43. The smallest absolute Gasteiger partial charge is 0.326 e. The van der Waals surface area contributed by atoms with Crippen LogP contribution in [0.3, 0.4) is 0 Å². The lowest BCUT2D eigenvalue weighted by molar-refractivity contribution is -0.160. The molecule has 16 heavy (non-hydrogen) atoms. The number of hydrogen-bond donors (Lipinski definition) is 0. The first kappa shape index (κ1) is 12.7. The van der Waals surface area contributed by atoms with Gasteiger partial charge in [-0.15, -0.1) is 0 Å². The normalized spacial score (nSPS) is 18.1. The summed E-state index contributed by atoms with van der Waals surface area (Å²) in [6.45, 7) is 5.03. The van der Waals surface area contributed by atoms with Crippen molar-refractivity contribution in [2.75, 3.05) is 6.54 Å². The Kier molecular flexibility index (Phi) is 4.04. The largest absolute Gasteiger partial charge is 0.462 e. The fourth-order valence-corrected chi connectivity index (χ4v) is 1.63. The number of nitrogens with zero attached hydrogens (tertiary/aromatic N) is 1. The highest BCUT2D eigenvalue weighted by atomic mass is 16.5. The topological polar surface area (TPSA) is 63.7 Å². The molecule has 0 spiro atoms. The third-order valence-electron chi connectivity index (χ3n) is 2.30. The first-order chi connectivity index (χ1) is 7.40. The zero-order chi connectivity index (χ0) is 12.3. The first-order valence-corrected chi connectivity index (χ1v) is 5.42. The van der Waals surface area contributed by atoms with Crippen molar-refractivity contribution in [1.29, 1.82) is 0 Å². The number of rotatable bonds is 3. The lowest BCUT2D eigenvalue weighted by Crippen LogP contribution is -2.45. The van der Waals surface area contributed by atoms with Crippen LogP contribution >= 0.6 is 0 Å². The predicted octanol–water partition coefficient (Wildman–Crippen LogP) is 0.723. The molecule has 0 N–H and O–H groups in total. The Labute approximate surface area is 94.7 Å². The lowest BCUT2D eigenvalue weighted by Gasteiger charge is -2.27. The fraction of sp³-hybridized carbons (Fsp3) is 0.727. The molecule has 1 rings (SSSR count). The molecule has 1 fully saturated rings. The molecule has 0 atom stereocenters. The molecule has 0 bridgehead atoms. The Balaban J connectivity index is 2.56. The minimum atomic E-state index is -0.536. The molecule has 0 aromatic rings. The Morgan fingerprint density at radius 1 is 1.38 bits per heavy atom. The molecule has 5 heteroatoms. The number of carbonyl (C=O) groups is 3. The standard InChI is InChI=1S/C11H17NO4/c1-7(2)16-11(15)6-12-9(13)4-8(3)5-10(12)14/h7-8H,4-6H2,1-3H3. The Morgan fingerprint density at radius 2 is 1.88 bits per heavy atom. The summed E-state index contributed by atoms with van der Waals surface area (Å²) < 4.78 is 4.89. The van der Waals surface area contributed by atoms with Crippen molar-refractivity contribution in [3.63, 3.8) is 0 Å². The summed E-state index contributed by atoms with van der Waals surface area (Å²) in [4.78, 5) is 35.4. The highest BCUT2D eigenvalue weighted by molar-refractivity contribution is 6.00. The van der Waals surface area contributed by atoms with Gasteiger partial charge in [-0.05, 0) is 19.8 Å². The maximum Gasteiger partial charge on any atom is 0.326 e. The molecule has 0 aromatic carbocycles. The van der Waals surface area contributed by atoms with Gasteiger partial charge < -0.3 is 4.74 Å². The molecule has 0 saturated carbocycles. The molecule has 90 valence electrons. The molecule has 1 saturated heterocycles. The van der Waals surface area contributed by atoms with Crippen LogP contribution in [0.25, 0.3) is 0 Å². The number of imide groups is 1. The van der Waals surface area contributed by atoms with Crippen LogP contribution in [0.5, 0.6) is 0 Å². The van der Waals surface area contributed by atoms with Crippen LogP contribution in [-0.2, 0) is 19.1 Å². The Hall–Kier alpha value is -1.39. The molecular formula is C11H17NO4. The summed E-state index contributed by atoms with van der Waals surface area (Å²) in [5.41, 5.74) is 0. The lowest BCUT2D eigenvalue weighted by atomic mass is 9.98. The first-order valence-electron chi connectivity index (χ1n) is 5.42. The number of amides is 2. The Bertz CT molecular complexity index is 293. The minimum Gasteiger partial charge on any atom is -0.462 e. The molecule has 1 aliphatic heterocycles. The number of likely N-dealkylation sites (tertiary alicyclic amines) is 1. The maximum atomic E-state index is 11.5. The van der Waals surface area contributed by atoms with Gasteiger partial charge in [-0.3, -0.25) is 19.3 Å². The Morgan fingerprint density at radius 3 is 2.31 bits per heavy atom. The second-order valence-electron chi connectivity index (χ2n) is 4.43. The van der Waals surface area contributed by atoms with Crippen molar-refractivity contribution in [3.8, 4) is 0 Å². The van der Waals surface area contributed by atoms with E-state index in [9.17, 15) is 14.4 Å². The van der Waals surface area contributed by atoms with Crippen molar-refractivity contribution in [2.24, 2.45) is 5.92 Å². The van der Waals surface area contributed by atoms with E-state index in [-0.39, 0.29) is 30.4 Å². The van der Waals surface area contributed by atoms with E-state index in [1.807, 2.05) is 6.92 Å². The summed E-state index contributed by atoms with van der Waals surface area (Å²) in [6, 6.07) is 0. The third-order valence-corrected chi connectivity index (χ3v) is 2.30. The van der Waals surface area contributed by atoms with Crippen molar-refractivity contribution in [1.82, 2.24) is 4.90 Å². The summed E-state index contributed by atoms with van der Waals surface area (Å²) >= 11 is 0. The number of hydrogen-bond acceptors (Lipinski definition) is 4. The van der Waals surface area contributed by atoms with Gasteiger partial charge in [0, 0.05) is 12.8 Å². The molecular weight excluding hydrogens is 210 g/mol. The average Bonchev–Trinajstić information content (AvgIpc) is 2.09. The van der Waals surface area contributed by atoms with Gasteiger partial charge in [0.1, 0.15) is 6.54 Å². The monoisotopic (exact) mass is 227 g/mol. The summed E-state index contributed by atoms with van der Waals surface area (Å²) in [6.07, 6.45) is 0.405. The van der Waals surface area contributed by atoms with Crippen LogP contribution < -0.4 is 0 Å². The third kappa shape index (κ3) is 3.32. The zero-order valence-electron chi connectivity index (χ0n) is 9.86. The molecule has 1 heterocycles. The zero-order valence-corrected chi connectivity index (χ0v) is 9.86. The number of carbonyl (C=O) groups excluding carboxylic acids is 3. The van der Waals surface area contributed by atoms with Gasteiger partial charge in [0.2, 0.25) is 11.8 Å². The molecule has 0 unspecified atom stereocenters. The molecule has 0 aromatic heterocycles. The van der Waals surface area contributed by atoms with Gasteiger partial charge in [-0.1, -0.05) is 6.92 Å². The number of ether oxygens (including phenoxy) is 1. The van der Waals surface area contributed by atoms with Gasteiger partial charge in [-0.2, -0.15) is 0 Å². The van der Waals surface area contributed by atoms with Crippen LogP contribution in [-0.4, -0.2) is 35.3 Å². The van der Waals surface area contributed by atoms with Crippen LogP contribution in [0.4, 0.5) is 0 Å². The number of esters is 1. The average molecular weight is 227 g/mol. The quantitative estimate of drug-likeness (QED) is 0.526. The molecule has 1 aliphatic rings. The summed E-state index contributed by atoms with van der Waals surface area (Å²) in [5.74, 6) is -1.04. The van der Waals surface area contributed by atoms with Gasteiger partial charge in [-0.25, -0.2) is 0 Å². The molecule has 5 nitrogen and oxygen atoms in total. The van der Waals surface area contributed by atoms with E-state index < -0.39 is 5.97 Å². The van der Waals surface area contributed by atoms with Gasteiger partial charge >= 0.3 is 5.97 Å². The molecule has 2 amide bonds. The van der Waals surface area contributed by atoms with E-state index in [0.717, 1.165) is 4.90 Å². The van der Waals surface area contributed by atoms with Crippen LogP contribution in [0.1, 0.15) is 33.6 Å². The van der Waals surface area contributed by atoms with E-state index in [1.54, 1.807) is 13.8 Å². The highest BCUT2D eigenvalue weighted by Gasteiger charge is 2.32.